The average Bonchev–Trinajstić information content (AvgIpc) is 2.70. The summed E-state index contributed by atoms with van der Waals surface area (Å²) < 4.78 is 16.2. The lowest BCUT2D eigenvalue weighted by atomic mass is 9.91. The lowest BCUT2D eigenvalue weighted by Gasteiger charge is -2.29. The molecule has 1 aromatic carbocycles. The summed E-state index contributed by atoms with van der Waals surface area (Å²) in [5.74, 6) is -3.53. The van der Waals surface area contributed by atoms with E-state index in [-0.39, 0.29) is 18.6 Å². The maximum absolute atomic E-state index is 12.9. The first-order valence-electron chi connectivity index (χ1n) is 9.23. The number of nitrogens with one attached hydrogen (secondary N) is 1. The summed E-state index contributed by atoms with van der Waals surface area (Å²) in [4.78, 5) is 48.8. The molecule has 9 heteroatoms. The summed E-state index contributed by atoms with van der Waals surface area (Å²) >= 11 is 0. The van der Waals surface area contributed by atoms with Crippen molar-refractivity contribution in [1.82, 2.24) is 5.32 Å². The van der Waals surface area contributed by atoms with Crippen LogP contribution in [0.4, 0.5) is 4.79 Å². The molecule has 1 heterocycles. The molecule has 0 radical (unpaired) electrons. The summed E-state index contributed by atoms with van der Waals surface area (Å²) in [6, 6.07) is 7.99. The van der Waals surface area contributed by atoms with Crippen LogP contribution in [0.2, 0.25) is 0 Å². The average molecular weight is 401 g/mol. The van der Waals surface area contributed by atoms with Gasteiger partial charge in [-0.1, -0.05) is 36.9 Å². The summed E-state index contributed by atoms with van der Waals surface area (Å²) in [7, 11) is 1.24. The molecule has 2 rings (SSSR count). The molecule has 1 aliphatic heterocycles. The lowest BCUT2D eigenvalue weighted by Crippen LogP contribution is -2.46. The number of ether oxygens (including phenoxy) is 3. The Balaban J connectivity index is 2.37. The predicted molar refractivity (Wildman–Crippen MR) is 106 cm³/mol. The SMILES string of the molecule is BC(=O)NC1COC(=O)[C@H](Cc2ccccc2)[C@@H](OC(=O)C(=C)C)[C@H](C)OC1=O. The number of hydrogen-bond donors (Lipinski definition) is 1. The molecular formula is C20H24BNO7. The first-order chi connectivity index (χ1) is 13.7. The van der Waals surface area contributed by atoms with Crippen LogP contribution in [-0.2, 0) is 35.0 Å². The number of carbonyl (C=O) groups excluding carboxylic acids is 4. The van der Waals surface area contributed by atoms with Crippen molar-refractivity contribution in [3.8, 4) is 0 Å². The van der Waals surface area contributed by atoms with Gasteiger partial charge in [0.1, 0.15) is 18.6 Å². The Bertz CT molecular complexity index is 795. The summed E-state index contributed by atoms with van der Waals surface area (Å²) in [5.41, 5.74) is 0.966. The fraction of sp³-hybridized carbons (Fsp3) is 0.400. The first-order valence-corrected chi connectivity index (χ1v) is 9.23. The minimum absolute atomic E-state index is 0.145. The molecule has 0 saturated carbocycles. The fourth-order valence-electron chi connectivity index (χ4n) is 2.95. The number of carbonyl (C=O) groups is 4. The molecule has 1 fully saturated rings. The van der Waals surface area contributed by atoms with Crippen LogP contribution in [-0.4, -0.2) is 56.4 Å². The molecule has 0 aromatic heterocycles. The molecule has 1 saturated heterocycles. The summed E-state index contributed by atoms with van der Waals surface area (Å²) in [5, 5.41) is 2.39. The third-order valence-corrected chi connectivity index (χ3v) is 4.41. The smallest absolute Gasteiger partial charge is 0.333 e. The van der Waals surface area contributed by atoms with Gasteiger partial charge in [-0.15, -0.1) is 0 Å². The van der Waals surface area contributed by atoms with Gasteiger partial charge in [0.05, 0.1) is 0 Å². The van der Waals surface area contributed by atoms with E-state index in [1.54, 1.807) is 0 Å². The molecular weight excluding hydrogens is 377 g/mol. The molecule has 0 bridgehead atoms. The van der Waals surface area contributed by atoms with E-state index >= 15 is 0 Å². The normalized spacial score (nSPS) is 24.8. The Labute approximate surface area is 170 Å². The number of amides is 1. The maximum Gasteiger partial charge on any atom is 0.333 e. The molecule has 1 amide bonds. The highest BCUT2D eigenvalue weighted by Crippen LogP contribution is 2.24. The third kappa shape index (κ3) is 6.20. The molecule has 1 aromatic rings. The molecule has 1 N–H and O–H groups in total. The van der Waals surface area contributed by atoms with Gasteiger partial charge in [0.2, 0.25) is 7.85 Å². The van der Waals surface area contributed by atoms with E-state index < -0.39 is 47.9 Å². The number of hydrogen-bond acceptors (Lipinski definition) is 7. The predicted octanol–water partition coefficient (Wildman–Crippen LogP) is 0.533. The van der Waals surface area contributed by atoms with E-state index in [4.69, 9.17) is 14.2 Å². The second-order valence-corrected chi connectivity index (χ2v) is 6.97. The van der Waals surface area contributed by atoms with Crippen LogP contribution in [0.15, 0.2) is 42.5 Å². The largest absolute Gasteiger partial charge is 0.463 e. The standard InChI is InChI=1S/C20H24BNO7/c1-11(2)17(23)29-16-12(3)28-19(25)15(22-20(21)26)10-27-18(24)14(16)9-13-7-5-4-6-8-13/h4-8,12,14-16H,1,9-10,21H2,2-3H3,(H,22,26)/t12-,14+,15?,16-/m0/s1. The van der Waals surface area contributed by atoms with Crippen molar-refractivity contribution in [3.05, 3.63) is 48.0 Å². The molecule has 1 unspecified atom stereocenters. The summed E-state index contributed by atoms with van der Waals surface area (Å²) in [6.45, 7) is 6.17. The Morgan fingerprint density at radius 2 is 1.90 bits per heavy atom. The van der Waals surface area contributed by atoms with E-state index in [1.807, 2.05) is 30.3 Å². The third-order valence-electron chi connectivity index (χ3n) is 4.41. The molecule has 0 aliphatic carbocycles. The van der Waals surface area contributed by atoms with Gasteiger partial charge in [-0.2, -0.15) is 0 Å². The minimum Gasteiger partial charge on any atom is -0.463 e. The van der Waals surface area contributed by atoms with Gasteiger partial charge in [0.15, 0.2) is 18.0 Å². The van der Waals surface area contributed by atoms with Crippen LogP contribution in [0.1, 0.15) is 19.4 Å². The number of cyclic esters (lactones) is 2. The van der Waals surface area contributed by atoms with Gasteiger partial charge >= 0.3 is 17.9 Å². The highest BCUT2D eigenvalue weighted by Gasteiger charge is 2.41. The van der Waals surface area contributed by atoms with Crippen molar-refractivity contribution >= 4 is 31.6 Å². The van der Waals surface area contributed by atoms with Crippen molar-refractivity contribution < 1.29 is 33.4 Å². The van der Waals surface area contributed by atoms with Crippen molar-refractivity contribution in [1.29, 1.82) is 0 Å². The Hall–Kier alpha value is -3.10. The van der Waals surface area contributed by atoms with E-state index in [0.717, 1.165) is 5.56 Å². The fourth-order valence-corrected chi connectivity index (χ4v) is 2.95. The van der Waals surface area contributed by atoms with Gasteiger partial charge in [0, 0.05) is 5.57 Å². The maximum atomic E-state index is 12.9. The monoisotopic (exact) mass is 401 g/mol. The zero-order chi connectivity index (χ0) is 21.6. The van der Waals surface area contributed by atoms with Crippen molar-refractivity contribution in [2.24, 2.45) is 5.92 Å². The Morgan fingerprint density at radius 1 is 1.24 bits per heavy atom. The van der Waals surface area contributed by atoms with Crippen LogP contribution in [0.5, 0.6) is 0 Å². The van der Waals surface area contributed by atoms with Crippen molar-refractivity contribution in [2.75, 3.05) is 6.61 Å². The minimum atomic E-state index is -1.15. The zero-order valence-corrected chi connectivity index (χ0v) is 16.7. The highest BCUT2D eigenvalue weighted by atomic mass is 16.6. The van der Waals surface area contributed by atoms with E-state index in [0.29, 0.717) is 0 Å². The van der Waals surface area contributed by atoms with Crippen LogP contribution in [0.3, 0.4) is 0 Å². The number of rotatable bonds is 5. The number of esters is 3. The van der Waals surface area contributed by atoms with E-state index in [1.165, 1.54) is 21.7 Å². The quantitative estimate of drug-likeness (QED) is 0.332. The Morgan fingerprint density at radius 3 is 2.48 bits per heavy atom. The van der Waals surface area contributed by atoms with Crippen LogP contribution >= 0.6 is 0 Å². The van der Waals surface area contributed by atoms with E-state index in [9.17, 15) is 19.2 Å². The van der Waals surface area contributed by atoms with Gasteiger partial charge in [0.25, 0.3) is 0 Å². The van der Waals surface area contributed by atoms with Crippen LogP contribution < -0.4 is 5.32 Å². The molecule has 8 nitrogen and oxygen atoms in total. The van der Waals surface area contributed by atoms with Gasteiger partial charge < -0.3 is 19.5 Å². The van der Waals surface area contributed by atoms with Gasteiger partial charge in [-0.3, -0.25) is 9.59 Å². The second-order valence-electron chi connectivity index (χ2n) is 6.97. The molecule has 29 heavy (non-hydrogen) atoms. The zero-order valence-electron chi connectivity index (χ0n) is 16.7. The number of benzene rings is 1. The van der Waals surface area contributed by atoms with Crippen molar-refractivity contribution in [3.63, 3.8) is 0 Å². The molecule has 1 aliphatic rings. The van der Waals surface area contributed by atoms with Gasteiger partial charge in [-0.05, 0) is 25.8 Å². The lowest BCUT2D eigenvalue weighted by molar-refractivity contribution is -0.171. The Kier molecular flexibility index (Phi) is 7.58. The van der Waals surface area contributed by atoms with Crippen molar-refractivity contribution in [2.45, 2.75) is 38.5 Å². The second kappa shape index (κ2) is 9.91. The molecule has 0 spiro atoms. The van der Waals surface area contributed by atoms with Crippen LogP contribution in [0, 0.1) is 5.92 Å². The summed E-state index contributed by atoms with van der Waals surface area (Å²) in [6.07, 6.45) is -1.84. The topological polar surface area (TPSA) is 108 Å². The van der Waals surface area contributed by atoms with Gasteiger partial charge in [-0.25, -0.2) is 9.59 Å². The van der Waals surface area contributed by atoms with E-state index in [2.05, 4.69) is 11.9 Å². The first kappa shape index (κ1) is 22.2. The molecule has 154 valence electrons. The van der Waals surface area contributed by atoms with Crippen LogP contribution in [0.25, 0.3) is 0 Å². The molecule has 4 atom stereocenters. The highest BCUT2D eigenvalue weighted by molar-refractivity contribution is 6.57.